The Hall–Kier alpha value is -1.73. The summed E-state index contributed by atoms with van der Waals surface area (Å²) < 4.78 is 16.6. The van der Waals surface area contributed by atoms with E-state index in [9.17, 15) is 4.79 Å². The van der Waals surface area contributed by atoms with Crippen LogP contribution in [0.4, 0.5) is 0 Å². The summed E-state index contributed by atoms with van der Waals surface area (Å²) in [6.45, 7) is 2.65. The lowest BCUT2D eigenvalue weighted by molar-refractivity contribution is -0.122. The van der Waals surface area contributed by atoms with E-state index in [0.29, 0.717) is 33.0 Å². The van der Waals surface area contributed by atoms with Gasteiger partial charge in [0, 0.05) is 6.54 Å². The van der Waals surface area contributed by atoms with Crippen molar-refractivity contribution < 1.29 is 19.0 Å². The van der Waals surface area contributed by atoms with Gasteiger partial charge in [-0.2, -0.15) is 0 Å². The fourth-order valence-corrected chi connectivity index (χ4v) is 3.56. The van der Waals surface area contributed by atoms with Crippen molar-refractivity contribution in [1.82, 2.24) is 4.90 Å². The molecule has 0 unspecified atom stereocenters. The van der Waals surface area contributed by atoms with E-state index in [1.54, 1.807) is 44.4 Å². The van der Waals surface area contributed by atoms with Crippen molar-refractivity contribution >= 4 is 40.3 Å². The van der Waals surface area contributed by atoms with Crippen LogP contribution in [0, 0.1) is 0 Å². The van der Waals surface area contributed by atoms with Crippen molar-refractivity contribution in [3.8, 4) is 17.2 Å². The quantitative estimate of drug-likeness (QED) is 0.578. The second-order valence-corrected chi connectivity index (χ2v) is 6.47. The van der Waals surface area contributed by atoms with Crippen LogP contribution in [0.5, 0.6) is 17.2 Å². The molecule has 7 heteroatoms. The maximum absolute atomic E-state index is 12.4. The van der Waals surface area contributed by atoms with Gasteiger partial charge in [0.05, 0.1) is 26.2 Å². The molecule has 0 aliphatic carbocycles. The van der Waals surface area contributed by atoms with Gasteiger partial charge in [-0.05, 0) is 30.2 Å². The molecular weight excluding hydrogens is 334 g/mol. The molecule has 0 atom stereocenters. The Balaban J connectivity index is 2.40. The van der Waals surface area contributed by atoms with Gasteiger partial charge in [0.2, 0.25) is 5.75 Å². The number of thiocarbonyl (C=S) groups is 1. The van der Waals surface area contributed by atoms with Gasteiger partial charge in [-0.15, -0.1) is 0 Å². The van der Waals surface area contributed by atoms with Gasteiger partial charge in [0.25, 0.3) is 5.91 Å². The first-order valence-corrected chi connectivity index (χ1v) is 8.33. The smallest absolute Gasteiger partial charge is 0.266 e. The van der Waals surface area contributed by atoms with Crippen LogP contribution >= 0.6 is 24.0 Å². The summed E-state index contributed by atoms with van der Waals surface area (Å²) in [5, 5.41) is 0. The first-order valence-electron chi connectivity index (χ1n) is 7.11. The predicted octanol–water partition coefficient (Wildman–Crippen LogP) is 3.32. The molecular formula is C16H19NO4S2. The van der Waals surface area contributed by atoms with E-state index >= 15 is 0 Å². The number of hydrogen-bond acceptors (Lipinski definition) is 6. The molecule has 5 nitrogen and oxygen atoms in total. The Kier molecular flexibility index (Phi) is 5.90. The Morgan fingerprint density at radius 3 is 2.26 bits per heavy atom. The molecule has 1 aliphatic rings. The number of rotatable bonds is 6. The summed E-state index contributed by atoms with van der Waals surface area (Å²) in [7, 11) is 4.67. The molecule has 0 radical (unpaired) electrons. The summed E-state index contributed by atoms with van der Waals surface area (Å²) in [6.07, 6.45) is 2.66. The third-order valence-electron chi connectivity index (χ3n) is 3.31. The SMILES string of the molecule is CCCN1C(=O)/C(=C/c2cc(OC)c(OC)c(OC)c2)SC1=S. The number of hydrogen-bond donors (Lipinski definition) is 0. The number of nitrogens with zero attached hydrogens (tertiary/aromatic N) is 1. The number of benzene rings is 1. The highest BCUT2D eigenvalue weighted by molar-refractivity contribution is 8.26. The van der Waals surface area contributed by atoms with Crippen LogP contribution in [0.15, 0.2) is 17.0 Å². The zero-order valence-corrected chi connectivity index (χ0v) is 15.2. The van der Waals surface area contributed by atoms with Crippen molar-refractivity contribution in [3.05, 3.63) is 22.6 Å². The Morgan fingerprint density at radius 1 is 1.17 bits per heavy atom. The molecule has 0 saturated carbocycles. The second kappa shape index (κ2) is 7.70. The summed E-state index contributed by atoms with van der Waals surface area (Å²) >= 11 is 6.58. The van der Waals surface area contributed by atoms with Gasteiger partial charge < -0.3 is 14.2 Å². The standard InChI is InChI=1S/C16H19NO4S2/c1-5-6-17-15(18)13(23-16(17)22)9-10-7-11(19-2)14(21-4)12(8-10)20-3/h7-9H,5-6H2,1-4H3/b13-9-. The first kappa shape index (κ1) is 17.6. The van der Waals surface area contributed by atoms with Crippen molar-refractivity contribution in [2.45, 2.75) is 13.3 Å². The predicted molar refractivity (Wildman–Crippen MR) is 96.3 cm³/mol. The molecule has 0 N–H and O–H groups in total. The van der Waals surface area contributed by atoms with E-state index in [-0.39, 0.29) is 5.91 Å². The lowest BCUT2D eigenvalue weighted by Gasteiger charge is -2.13. The van der Waals surface area contributed by atoms with Crippen LogP contribution < -0.4 is 14.2 Å². The van der Waals surface area contributed by atoms with Gasteiger partial charge in [-0.25, -0.2) is 0 Å². The maximum Gasteiger partial charge on any atom is 0.266 e. The summed E-state index contributed by atoms with van der Waals surface area (Å²) in [5.41, 5.74) is 0.788. The van der Waals surface area contributed by atoms with Gasteiger partial charge >= 0.3 is 0 Å². The van der Waals surface area contributed by atoms with Crippen molar-refractivity contribution in [2.24, 2.45) is 0 Å². The van der Waals surface area contributed by atoms with Crippen LogP contribution in [0.25, 0.3) is 6.08 Å². The monoisotopic (exact) mass is 353 g/mol. The van der Waals surface area contributed by atoms with Gasteiger partial charge in [-0.3, -0.25) is 9.69 Å². The molecule has 0 bridgehead atoms. The number of carbonyl (C=O) groups excluding carboxylic acids is 1. The van der Waals surface area contributed by atoms with E-state index in [1.165, 1.54) is 11.8 Å². The Bertz CT molecular complexity index is 632. The highest BCUT2D eigenvalue weighted by Gasteiger charge is 2.31. The van der Waals surface area contributed by atoms with Crippen molar-refractivity contribution in [3.63, 3.8) is 0 Å². The number of ether oxygens (including phenoxy) is 3. The van der Waals surface area contributed by atoms with Gasteiger partial charge in [0.15, 0.2) is 11.5 Å². The van der Waals surface area contributed by atoms with Crippen molar-refractivity contribution in [1.29, 1.82) is 0 Å². The van der Waals surface area contributed by atoms with E-state index in [2.05, 4.69) is 0 Å². The number of carbonyl (C=O) groups is 1. The number of methoxy groups -OCH3 is 3. The Morgan fingerprint density at radius 2 is 1.78 bits per heavy atom. The van der Waals surface area contributed by atoms with E-state index in [4.69, 9.17) is 26.4 Å². The molecule has 1 fully saturated rings. The van der Waals surface area contributed by atoms with Gasteiger partial charge in [-0.1, -0.05) is 30.9 Å². The van der Waals surface area contributed by atoms with Crippen LogP contribution in [-0.2, 0) is 4.79 Å². The minimum atomic E-state index is -0.0596. The van der Waals surface area contributed by atoms with Gasteiger partial charge in [0.1, 0.15) is 4.32 Å². The lowest BCUT2D eigenvalue weighted by atomic mass is 10.1. The first-order chi connectivity index (χ1) is 11.0. The molecule has 1 aromatic rings. The average molecular weight is 353 g/mol. The molecule has 23 heavy (non-hydrogen) atoms. The molecule has 0 aromatic heterocycles. The van der Waals surface area contributed by atoms with E-state index in [0.717, 1.165) is 12.0 Å². The highest BCUT2D eigenvalue weighted by Crippen LogP contribution is 2.40. The average Bonchev–Trinajstić information content (AvgIpc) is 2.81. The molecule has 124 valence electrons. The summed E-state index contributed by atoms with van der Waals surface area (Å²) in [6, 6.07) is 3.60. The van der Waals surface area contributed by atoms with E-state index in [1.807, 2.05) is 6.92 Å². The van der Waals surface area contributed by atoms with Crippen molar-refractivity contribution in [2.75, 3.05) is 27.9 Å². The molecule has 1 saturated heterocycles. The summed E-state index contributed by atoms with van der Waals surface area (Å²) in [4.78, 5) is 14.6. The van der Waals surface area contributed by atoms with E-state index < -0.39 is 0 Å². The third-order valence-corrected chi connectivity index (χ3v) is 4.68. The third kappa shape index (κ3) is 3.61. The molecule has 1 aromatic carbocycles. The maximum atomic E-state index is 12.4. The lowest BCUT2D eigenvalue weighted by Crippen LogP contribution is -2.28. The molecule has 0 spiro atoms. The minimum Gasteiger partial charge on any atom is -0.493 e. The fourth-order valence-electron chi connectivity index (χ4n) is 2.25. The largest absolute Gasteiger partial charge is 0.493 e. The second-order valence-electron chi connectivity index (χ2n) is 4.79. The topological polar surface area (TPSA) is 48.0 Å². The molecule has 1 heterocycles. The van der Waals surface area contributed by atoms with Crippen LogP contribution in [0.3, 0.4) is 0 Å². The zero-order chi connectivity index (χ0) is 17.0. The number of amides is 1. The Labute approximate surface area is 145 Å². The molecule has 2 rings (SSSR count). The minimum absolute atomic E-state index is 0.0596. The highest BCUT2D eigenvalue weighted by atomic mass is 32.2. The fraction of sp³-hybridized carbons (Fsp3) is 0.375. The number of thioether (sulfide) groups is 1. The van der Waals surface area contributed by atoms with Crippen LogP contribution in [-0.4, -0.2) is 43.0 Å². The summed E-state index contributed by atoms with van der Waals surface area (Å²) in [5.74, 6) is 1.55. The molecule has 1 amide bonds. The van der Waals surface area contributed by atoms with Crippen LogP contribution in [0.2, 0.25) is 0 Å². The van der Waals surface area contributed by atoms with Crippen LogP contribution in [0.1, 0.15) is 18.9 Å². The molecule has 1 aliphatic heterocycles. The zero-order valence-electron chi connectivity index (χ0n) is 13.5. The normalized spacial score (nSPS) is 16.2.